The number of nitrogens with zero attached hydrogens (tertiary/aromatic N) is 6. The van der Waals surface area contributed by atoms with Crippen LogP contribution in [-0.2, 0) is 11.2 Å². The highest BCUT2D eigenvalue weighted by Gasteiger charge is 2.55. The number of fused-ring (bicyclic) bond motifs is 2. The van der Waals surface area contributed by atoms with Gasteiger partial charge in [0.15, 0.2) is 0 Å². The van der Waals surface area contributed by atoms with Gasteiger partial charge in [-0.2, -0.15) is 0 Å². The number of benzene rings is 1. The molecule has 0 aliphatic carbocycles. The fraction of sp³-hybridized carbons (Fsp3) is 0.630. The fourth-order valence-corrected chi connectivity index (χ4v) is 5.77. The van der Waals surface area contributed by atoms with Crippen molar-refractivity contribution < 1.29 is 14.2 Å². The van der Waals surface area contributed by atoms with Crippen molar-refractivity contribution in [3.05, 3.63) is 29.8 Å². The van der Waals surface area contributed by atoms with Crippen molar-refractivity contribution in [3.63, 3.8) is 0 Å². The number of piperidine rings is 1. The third kappa shape index (κ3) is 4.60. The number of unbranched alkanes of at least 4 members (excludes halogenated alkanes) is 1. The fourth-order valence-electron chi connectivity index (χ4n) is 5.77. The van der Waals surface area contributed by atoms with Gasteiger partial charge in [-0.05, 0) is 56.5 Å². The van der Waals surface area contributed by atoms with Crippen LogP contribution in [0, 0.1) is 5.92 Å². The zero-order chi connectivity index (χ0) is 24.5. The van der Waals surface area contributed by atoms with Gasteiger partial charge in [-0.15, -0.1) is 0 Å². The molecule has 2 fully saturated rings. The first-order chi connectivity index (χ1) is 17.0. The van der Waals surface area contributed by atoms with Crippen molar-refractivity contribution in [1.29, 1.82) is 0 Å². The van der Waals surface area contributed by atoms with Crippen LogP contribution in [0.1, 0.15) is 51.5 Å². The average Bonchev–Trinajstić information content (AvgIpc) is 3.26. The third-order valence-electron chi connectivity index (χ3n) is 7.79. The van der Waals surface area contributed by atoms with E-state index >= 15 is 0 Å². The summed E-state index contributed by atoms with van der Waals surface area (Å²) in [7, 11) is 1.75. The number of guanidine groups is 1. The first-order valence-electron chi connectivity index (χ1n) is 13.4. The van der Waals surface area contributed by atoms with Gasteiger partial charge in [-0.3, -0.25) is 14.6 Å². The molecule has 2 unspecified atom stereocenters. The van der Waals surface area contributed by atoms with E-state index in [-0.39, 0.29) is 11.9 Å². The van der Waals surface area contributed by atoms with Crippen LogP contribution in [-0.4, -0.2) is 95.4 Å². The molecule has 0 aromatic heterocycles. The molecule has 188 valence electrons. The standard InChI is InChI=1S/C27H39N6O2/c1-4-5-9-21-10-12-22(13-11-21)32-18-20(2)19-33-23-24(28-26(32)33)29(3)27(35)31(25(23)34)17-16-30-14-7-6-8-15-30/h10-13,20,23H,4-9,14-19H2,1-3H3/q+1. The summed E-state index contributed by atoms with van der Waals surface area (Å²) in [6, 6.07) is 7.95. The lowest BCUT2D eigenvalue weighted by molar-refractivity contribution is -0.545. The maximum atomic E-state index is 13.7. The molecular weight excluding hydrogens is 440 g/mol. The molecule has 4 heterocycles. The Labute approximate surface area is 208 Å². The Balaban J connectivity index is 1.39. The van der Waals surface area contributed by atoms with Gasteiger partial charge >= 0.3 is 12.0 Å². The molecule has 3 amide bonds. The molecule has 35 heavy (non-hydrogen) atoms. The van der Waals surface area contributed by atoms with Gasteiger partial charge in [0.2, 0.25) is 11.9 Å². The van der Waals surface area contributed by atoms with E-state index in [4.69, 9.17) is 4.99 Å². The summed E-state index contributed by atoms with van der Waals surface area (Å²) >= 11 is 0. The Morgan fingerprint density at radius 3 is 2.51 bits per heavy atom. The van der Waals surface area contributed by atoms with Crippen LogP contribution in [0.5, 0.6) is 0 Å². The van der Waals surface area contributed by atoms with Crippen LogP contribution >= 0.6 is 0 Å². The average molecular weight is 480 g/mol. The van der Waals surface area contributed by atoms with E-state index in [1.54, 1.807) is 11.9 Å². The highest BCUT2D eigenvalue weighted by molar-refractivity contribution is 6.24. The summed E-state index contributed by atoms with van der Waals surface area (Å²) in [5.74, 6) is 1.58. The summed E-state index contributed by atoms with van der Waals surface area (Å²) in [4.78, 5) is 39.4. The van der Waals surface area contributed by atoms with Gasteiger partial charge < -0.3 is 4.90 Å². The summed E-state index contributed by atoms with van der Waals surface area (Å²) in [5, 5.41) is 0. The molecule has 0 radical (unpaired) electrons. The number of amides is 3. The number of aliphatic imine (C=N–C) groups is 1. The minimum atomic E-state index is -0.525. The lowest BCUT2D eigenvalue weighted by Gasteiger charge is -2.36. The Kier molecular flexibility index (Phi) is 6.91. The summed E-state index contributed by atoms with van der Waals surface area (Å²) in [6.07, 6.45) is 7.13. The smallest absolute Gasteiger partial charge is 0.302 e. The minimum Gasteiger partial charge on any atom is -0.302 e. The molecule has 8 heteroatoms. The molecule has 8 nitrogen and oxygen atoms in total. The lowest BCUT2D eigenvalue weighted by atomic mass is 10.0. The van der Waals surface area contributed by atoms with E-state index < -0.39 is 6.04 Å². The van der Waals surface area contributed by atoms with E-state index in [1.165, 1.54) is 42.6 Å². The number of carbonyl (C=O) groups excluding carboxylic acids is 2. The topological polar surface area (TPSA) is 62.5 Å². The van der Waals surface area contributed by atoms with Gasteiger partial charge in [0.25, 0.3) is 5.91 Å². The predicted octanol–water partition coefficient (Wildman–Crippen LogP) is 3.01. The first kappa shape index (κ1) is 24.0. The maximum Gasteiger partial charge on any atom is 0.397 e. The zero-order valence-electron chi connectivity index (χ0n) is 21.4. The van der Waals surface area contributed by atoms with Crippen LogP contribution < -0.4 is 4.90 Å². The van der Waals surface area contributed by atoms with Crippen molar-refractivity contribution in [2.45, 2.75) is 58.4 Å². The van der Waals surface area contributed by atoms with Gasteiger partial charge in [-0.25, -0.2) is 14.3 Å². The molecule has 4 aliphatic heterocycles. The van der Waals surface area contributed by atoms with E-state index in [0.29, 0.717) is 18.3 Å². The summed E-state index contributed by atoms with van der Waals surface area (Å²) < 4.78 is 2.12. The van der Waals surface area contributed by atoms with Crippen molar-refractivity contribution in [2.75, 3.05) is 51.2 Å². The molecule has 2 saturated heterocycles. The molecule has 0 saturated carbocycles. The van der Waals surface area contributed by atoms with Crippen molar-refractivity contribution in [1.82, 2.24) is 14.7 Å². The van der Waals surface area contributed by atoms with Crippen LogP contribution in [0.2, 0.25) is 0 Å². The number of rotatable bonds is 7. The largest absolute Gasteiger partial charge is 0.397 e. The second-order valence-electron chi connectivity index (χ2n) is 10.5. The number of anilines is 1. The SMILES string of the molecule is CCCCc1ccc(N2CC(C)C[N+]3=C2N=C2C3C(=O)N(CCN3CCCCC3)C(=O)N2C)cc1. The number of aryl methyl sites for hydroxylation is 1. The van der Waals surface area contributed by atoms with Gasteiger partial charge in [0.1, 0.15) is 5.69 Å². The highest BCUT2D eigenvalue weighted by Crippen LogP contribution is 2.28. The van der Waals surface area contributed by atoms with Gasteiger partial charge in [0, 0.05) is 26.1 Å². The molecular formula is C27H39N6O2+. The Bertz CT molecular complexity index is 1030. The van der Waals surface area contributed by atoms with Crippen molar-refractivity contribution >= 4 is 29.4 Å². The Morgan fingerprint density at radius 1 is 1.06 bits per heavy atom. The predicted molar refractivity (Wildman–Crippen MR) is 138 cm³/mol. The number of imide groups is 1. The van der Waals surface area contributed by atoms with Gasteiger partial charge in [-0.1, -0.05) is 43.8 Å². The monoisotopic (exact) mass is 479 g/mol. The molecule has 0 spiro atoms. The Morgan fingerprint density at radius 2 is 1.80 bits per heavy atom. The number of likely N-dealkylation sites (tertiary alicyclic amines) is 1. The summed E-state index contributed by atoms with van der Waals surface area (Å²) in [6.45, 7) is 9.31. The van der Waals surface area contributed by atoms with Crippen LogP contribution in [0.3, 0.4) is 0 Å². The second-order valence-corrected chi connectivity index (χ2v) is 10.5. The van der Waals surface area contributed by atoms with E-state index in [9.17, 15) is 9.59 Å². The highest BCUT2D eigenvalue weighted by atomic mass is 16.2. The van der Waals surface area contributed by atoms with Crippen molar-refractivity contribution in [2.24, 2.45) is 10.9 Å². The quantitative estimate of drug-likeness (QED) is 0.564. The minimum absolute atomic E-state index is 0.136. The van der Waals surface area contributed by atoms with Crippen LogP contribution in [0.15, 0.2) is 29.3 Å². The molecule has 1 aromatic carbocycles. The van der Waals surface area contributed by atoms with E-state index in [1.807, 2.05) is 0 Å². The van der Waals surface area contributed by atoms with E-state index in [2.05, 4.69) is 52.5 Å². The van der Waals surface area contributed by atoms with Crippen molar-refractivity contribution in [3.8, 4) is 0 Å². The van der Waals surface area contributed by atoms with Crippen LogP contribution in [0.25, 0.3) is 0 Å². The number of hydrogen-bond acceptors (Lipinski definition) is 5. The first-order valence-corrected chi connectivity index (χ1v) is 13.4. The maximum absolute atomic E-state index is 13.7. The molecule has 5 rings (SSSR count). The summed E-state index contributed by atoms with van der Waals surface area (Å²) in [5.41, 5.74) is 2.43. The molecule has 0 bridgehead atoms. The number of carbonyl (C=O) groups is 2. The molecule has 1 aromatic rings. The molecule has 2 atom stereocenters. The molecule has 4 aliphatic rings. The normalized spacial score (nSPS) is 25.2. The number of amidine groups is 1. The second kappa shape index (κ2) is 10.1. The van der Waals surface area contributed by atoms with Gasteiger partial charge in [0.05, 0.1) is 13.1 Å². The third-order valence-corrected chi connectivity index (χ3v) is 7.79. The zero-order valence-corrected chi connectivity index (χ0v) is 21.4. The number of urea groups is 1. The number of likely N-dealkylation sites (N-methyl/N-ethyl adjacent to an activating group) is 1. The van der Waals surface area contributed by atoms with Crippen LogP contribution in [0.4, 0.5) is 10.5 Å². The van der Waals surface area contributed by atoms with E-state index in [0.717, 1.165) is 50.8 Å². The molecule has 0 N–H and O–H groups in total. The number of hydrogen-bond donors (Lipinski definition) is 0. The Hall–Kier alpha value is -2.74. The lowest BCUT2D eigenvalue weighted by Crippen LogP contribution is -2.64.